The van der Waals surface area contributed by atoms with Gasteiger partial charge in [0.25, 0.3) is 0 Å². The molecule has 0 spiro atoms. The van der Waals surface area contributed by atoms with Gasteiger partial charge in [-0.05, 0) is 28.8 Å². The standard InChI is InChI=1S/C16H12F4O2/c17-8-7-10-1-3-11(4-2-10)12-5-6-14(13(18)9-12)22-16(21)15(19)20/h1-6,9,15H,7-8H2. The monoisotopic (exact) mass is 312 g/mol. The van der Waals surface area contributed by atoms with Gasteiger partial charge < -0.3 is 4.74 Å². The number of hydrogen-bond acceptors (Lipinski definition) is 2. The first-order valence-electron chi connectivity index (χ1n) is 6.46. The highest BCUT2D eigenvalue weighted by Gasteiger charge is 2.19. The molecule has 0 bridgehead atoms. The number of carbonyl (C=O) groups is 1. The highest BCUT2D eigenvalue weighted by atomic mass is 19.3. The molecule has 2 aromatic carbocycles. The van der Waals surface area contributed by atoms with E-state index in [1.165, 1.54) is 6.07 Å². The summed E-state index contributed by atoms with van der Waals surface area (Å²) >= 11 is 0. The van der Waals surface area contributed by atoms with Crippen LogP contribution in [0, 0.1) is 5.82 Å². The van der Waals surface area contributed by atoms with Gasteiger partial charge in [0.15, 0.2) is 11.6 Å². The van der Waals surface area contributed by atoms with Crippen LogP contribution in [-0.2, 0) is 11.2 Å². The number of aryl methyl sites for hydroxylation is 1. The molecule has 2 aromatic rings. The predicted molar refractivity (Wildman–Crippen MR) is 73.2 cm³/mol. The lowest BCUT2D eigenvalue weighted by Gasteiger charge is -2.08. The first kappa shape index (κ1) is 16.0. The lowest BCUT2D eigenvalue weighted by atomic mass is 10.0. The van der Waals surface area contributed by atoms with E-state index in [2.05, 4.69) is 4.74 Å². The molecular formula is C16H12F4O2. The molecule has 0 saturated heterocycles. The van der Waals surface area contributed by atoms with Crippen molar-refractivity contribution < 1.29 is 27.1 Å². The van der Waals surface area contributed by atoms with Crippen LogP contribution in [0.3, 0.4) is 0 Å². The molecule has 0 heterocycles. The van der Waals surface area contributed by atoms with Crippen molar-refractivity contribution in [2.24, 2.45) is 0 Å². The molecule has 0 radical (unpaired) electrons. The average molecular weight is 312 g/mol. The number of alkyl halides is 3. The third kappa shape index (κ3) is 3.84. The Bertz CT molecular complexity index is 654. The van der Waals surface area contributed by atoms with Gasteiger partial charge in [0.05, 0.1) is 6.67 Å². The molecule has 2 rings (SSSR count). The molecule has 0 saturated carbocycles. The topological polar surface area (TPSA) is 26.3 Å². The van der Waals surface area contributed by atoms with Crippen molar-refractivity contribution in [2.45, 2.75) is 12.8 Å². The summed E-state index contributed by atoms with van der Waals surface area (Å²) in [6, 6.07) is 10.5. The van der Waals surface area contributed by atoms with Crippen molar-refractivity contribution in [3.63, 3.8) is 0 Å². The molecule has 0 N–H and O–H groups in total. The average Bonchev–Trinajstić information content (AvgIpc) is 2.50. The number of esters is 1. The maximum Gasteiger partial charge on any atom is 0.379 e. The molecule has 0 atom stereocenters. The molecule has 0 aliphatic carbocycles. The molecule has 0 amide bonds. The third-order valence-electron chi connectivity index (χ3n) is 2.99. The van der Waals surface area contributed by atoms with Crippen LogP contribution in [0.4, 0.5) is 17.6 Å². The summed E-state index contributed by atoms with van der Waals surface area (Å²) in [6.07, 6.45) is -3.01. The quantitative estimate of drug-likeness (QED) is 0.470. The number of rotatable bonds is 5. The van der Waals surface area contributed by atoms with E-state index in [0.29, 0.717) is 17.5 Å². The molecule has 0 aliphatic heterocycles. The second kappa shape index (κ2) is 7.06. The van der Waals surface area contributed by atoms with Gasteiger partial charge in [-0.25, -0.2) is 9.18 Å². The van der Waals surface area contributed by atoms with Gasteiger partial charge in [-0.3, -0.25) is 4.39 Å². The van der Waals surface area contributed by atoms with Gasteiger partial charge in [-0.1, -0.05) is 30.3 Å². The fraction of sp³-hybridized carbons (Fsp3) is 0.188. The van der Waals surface area contributed by atoms with Crippen molar-refractivity contribution in [1.29, 1.82) is 0 Å². The van der Waals surface area contributed by atoms with Gasteiger partial charge in [0.1, 0.15) is 0 Å². The van der Waals surface area contributed by atoms with Crippen molar-refractivity contribution in [1.82, 2.24) is 0 Å². The number of hydrogen-bond donors (Lipinski definition) is 0. The molecule has 116 valence electrons. The van der Waals surface area contributed by atoms with Crippen molar-refractivity contribution in [3.8, 4) is 16.9 Å². The summed E-state index contributed by atoms with van der Waals surface area (Å²) in [6.45, 7) is -0.460. The van der Waals surface area contributed by atoms with E-state index in [0.717, 1.165) is 17.7 Å². The van der Waals surface area contributed by atoms with E-state index in [1.807, 2.05) is 0 Å². The van der Waals surface area contributed by atoms with E-state index in [4.69, 9.17) is 0 Å². The number of carbonyl (C=O) groups excluding carboxylic acids is 1. The SMILES string of the molecule is O=C(Oc1ccc(-c2ccc(CCF)cc2)cc1F)C(F)F. The zero-order chi connectivity index (χ0) is 16.1. The van der Waals surface area contributed by atoms with Crippen LogP contribution in [0.25, 0.3) is 11.1 Å². The van der Waals surface area contributed by atoms with E-state index in [1.54, 1.807) is 24.3 Å². The summed E-state index contributed by atoms with van der Waals surface area (Å²) in [7, 11) is 0. The highest BCUT2D eigenvalue weighted by molar-refractivity contribution is 5.76. The minimum absolute atomic E-state index is 0.303. The Morgan fingerprint density at radius 1 is 1.05 bits per heavy atom. The largest absolute Gasteiger partial charge is 0.419 e. The van der Waals surface area contributed by atoms with Crippen LogP contribution in [0.15, 0.2) is 42.5 Å². The Kier molecular flexibility index (Phi) is 5.14. The van der Waals surface area contributed by atoms with Gasteiger partial charge in [-0.15, -0.1) is 0 Å². The fourth-order valence-corrected chi connectivity index (χ4v) is 1.89. The Balaban J connectivity index is 2.19. The molecule has 0 aliphatic rings. The van der Waals surface area contributed by atoms with E-state index >= 15 is 0 Å². The maximum absolute atomic E-state index is 13.8. The normalized spacial score (nSPS) is 10.8. The van der Waals surface area contributed by atoms with Gasteiger partial charge in [0.2, 0.25) is 0 Å². The van der Waals surface area contributed by atoms with Crippen LogP contribution < -0.4 is 4.74 Å². The van der Waals surface area contributed by atoms with Crippen LogP contribution in [0.1, 0.15) is 5.56 Å². The smallest absolute Gasteiger partial charge is 0.379 e. The summed E-state index contributed by atoms with van der Waals surface area (Å²) in [5.74, 6) is -3.27. The van der Waals surface area contributed by atoms with Gasteiger partial charge in [-0.2, -0.15) is 8.78 Å². The predicted octanol–water partition coefficient (Wildman–Crippen LogP) is 4.18. The van der Waals surface area contributed by atoms with E-state index in [-0.39, 0.29) is 0 Å². The Morgan fingerprint density at radius 3 is 2.23 bits per heavy atom. The number of halogens is 4. The number of ether oxygens (including phenoxy) is 1. The van der Waals surface area contributed by atoms with E-state index < -0.39 is 30.6 Å². The molecule has 0 fully saturated rings. The van der Waals surface area contributed by atoms with E-state index in [9.17, 15) is 22.4 Å². The molecular weight excluding hydrogens is 300 g/mol. The lowest BCUT2D eigenvalue weighted by molar-refractivity contribution is -0.146. The van der Waals surface area contributed by atoms with Crippen molar-refractivity contribution in [3.05, 3.63) is 53.8 Å². The summed E-state index contributed by atoms with van der Waals surface area (Å²) < 4.78 is 54.4. The van der Waals surface area contributed by atoms with Crippen LogP contribution in [0.5, 0.6) is 5.75 Å². The first-order valence-corrected chi connectivity index (χ1v) is 6.46. The Hall–Kier alpha value is -2.37. The minimum Gasteiger partial charge on any atom is -0.419 e. The Morgan fingerprint density at radius 2 is 1.68 bits per heavy atom. The maximum atomic E-state index is 13.8. The van der Waals surface area contributed by atoms with Gasteiger partial charge in [0, 0.05) is 6.42 Å². The summed E-state index contributed by atoms with van der Waals surface area (Å²) in [5.41, 5.74) is 1.98. The zero-order valence-electron chi connectivity index (χ0n) is 11.4. The van der Waals surface area contributed by atoms with Crippen molar-refractivity contribution >= 4 is 5.97 Å². The number of benzene rings is 2. The summed E-state index contributed by atoms with van der Waals surface area (Å²) in [5, 5.41) is 0. The molecule has 0 aromatic heterocycles. The van der Waals surface area contributed by atoms with Crippen LogP contribution in [0.2, 0.25) is 0 Å². The second-order valence-electron chi connectivity index (χ2n) is 4.50. The van der Waals surface area contributed by atoms with Gasteiger partial charge >= 0.3 is 12.4 Å². The molecule has 2 nitrogen and oxygen atoms in total. The third-order valence-corrected chi connectivity index (χ3v) is 2.99. The zero-order valence-corrected chi connectivity index (χ0v) is 11.4. The molecule has 0 unspecified atom stereocenters. The van der Waals surface area contributed by atoms with Crippen molar-refractivity contribution in [2.75, 3.05) is 6.67 Å². The fourth-order valence-electron chi connectivity index (χ4n) is 1.89. The second-order valence-corrected chi connectivity index (χ2v) is 4.50. The Labute approximate surface area is 124 Å². The first-order chi connectivity index (χ1) is 10.5. The molecule has 6 heteroatoms. The molecule has 22 heavy (non-hydrogen) atoms. The minimum atomic E-state index is -3.32. The van der Waals surface area contributed by atoms with Crippen LogP contribution >= 0.6 is 0 Å². The highest BCUT2D eigenvalue weighted by Crippen LogP contribution is 2.26. The summed E-state index contributed by atoms with van der Waals surface area (Å²) in [4.78, 5) is 10.7. The van der Waals surface area contributed by atoms with Crippen LogP contribution in [-0.4, -0.2) is 19.1 Å². The lowest BCUT2D eigenvalue weighted by Crippen LogP contribution is -2.17.